The van der Waals surface area contributed by atoms with Crippen molar-refractivity contribution >= 4 is 15.9 Å². The zero-order valence-electron chi connectivity index (χ0n) is 8.88. The summed E-state index contributed by atoms with van der Waals surface area (Å²) in [6.45, 7) is 0.741. The zero-order valence-corrected chi connectivity index (χ0v) is 10.5. The second kappa shape index (κ2) is 4.62. The zero-order chi connectivity index (χ0) is 10.7. The van der Waals surface area contributed by atoms with Crippen LogP contribution in [0.15, 0.2) is 22.9 Å². The minimum absolute atomic E-state index is 0.190. The average molecular weight is 269 g/mol. The van der Waals surface area contributed by atoms with Crippen LogP contribution in [-0.4, -0.2) is 11.5 Å². The molecule has 0 atom stereocenters. The van der Waals surface area contributed by atoms with Crippen molar-refractivity contribution in [2.75, 3.05) is 6.54 Å². The maximum absolute atomic E-state index is 5.98. The third kappa shape index (κ3) is 2.23. The van der Waals surface area contributed by atoms with Crippen LogP contribution >= 0.6 is 15.9 Å². The van der Waals surface area contributed by atoms with Crippen LogP contribution < -0.4 is 5.73 Å². The normalized spacial score (nSPS) is 20.1. The van der Waals surface area contributed by atoms with Gasteiger partial charge in [0.25, 0.3) is 0 Å². The first-order chi connectivity index (χ1) is 7.27. The lowest BCUT2D eigenvalue weighted by molar-refractivity contribution is 0.300. The quantitative estimate of drug-likeness (QED) is 0.896. The minimum atomic E-state index is 0.190. The van der Waals surface area contributed by atoms with Gasteiger partial charge in [0, 0.05) is 28.8 Å². The fourth-order valence-corrected chi connectivity index (χ4v) is 2.91. The van der Waals surface area contributed by atoms with Crippen LogP contribution in [0.25, 0.3) is 0 Å². The Morgan fingerprint density at radius 3 is 2.60 bits per heavy atom. The summed E-state index contributed by atoms with van der Waals surface area (Å²) in [6, 6.07) is 2.17. The lowest BCUT2D eigenvalue weighted by atomic mass is 9.70. The van der Waals surface area contributed by atoms with Crippen molar-refractivity contribution in [3.05, 3.63) is 28.5 Å². The molecule has 1 aromatic heterocycles. The van der Waals surface area contributed by atoms with Gasteiger partial charge in [0.05, 0.1) is 0 Å². The summed E-state index contributed by atoms with van der Waals surface area (Å²) in [6.07, 6.45) is 10.2. The van der Waals surface area contributed by atoms with E-state index in [9.17, 15) is 0 Å². The number of halogens is 1. The van der Waals surface area contributed by atoms with Gasteiger partial charge in [0.15, 0.2) is 0 Å². The highest BCUT2D eigenvalue weighted by Crippen LogP contribution is 2.38. The van der Waals surface area contributed by atoms with E-state index in [1.807, 2.05) is 12.4 Å². The van der Waals surface area contributed by atoms with Crippen LogP contribution in [0.4, 0.5) is 0 Å². The molecule has 0 saturated heterocycles. The van der Waals surface area contributed by atoms with Crippen LogP contribution in [0, 0.1) is 0 Å². The number of hydrogen-bond acceptors (Lipinski definition) is 2. The van der Waals surface area contributed by atoms with Gasteiger partial charge in [-0.1, -0.05) is 19.3 Å². The molecule has 0 radical (unpaired) electrons. The molecule has 0 unspecified atom stereocenters. The smallest absolute Gasteiger partial charge is 0.0410 e. The van der Waals surface area contributed by atoms with E-state index in [1.54, 1.807) is 0 Å². The first kappa shape index (κ1) is 11.1. The van der Waals surface area contributed by atoms with E-state index >= 15 is 0 Å². The number of hydrogen-bond donors (Lipinski definition) is 1. The maximum Gasteiger partial charge on any atom is 0.0410 e. The fourth-order valence-electron chi connectivity index (χ4n) is 2.54. The van der Waals surface area contributed by atoms with Gasteiger partial charge < -0.3 is 5.73 Å². The van der Waals surface area contributed by atoms with Crippen molar-refractivity contribution in [2.24, 2.45) is 5.73 Å². The molecular formula is C12H17BrN2. The van der Waals surface area contributed by atoms with Gasteiger partial charge in [-0.15, -0.1) is 0 Å². The van der Waals surface area contributed by atoms with Gasteiger partial charge >= 0.3 is 0 Å². The summed E-state index contributed by atoms with van der Waals surface area (Å²) in [5, 5.41) is 0. The molecule has 1 saturated carbocycles. The molecular weight excluding hydrogens is 252 g/mol. The Balaban J connectivity index is 2.32. The van der Waals surface area contributed by atoms with Crippen molar-refractivity contribution in [2.45, 2.75) is 37.5 Å². The molecule has 2 N–H and O–H groups in total. The molecule has 2 nitrogen and oxygen atoms in total. The molecule has 0 spiro atoms. The molecule has 3 heteroatoms. The molecule has 82 valence electrons. The predicted molar refractivity (Wildman–Crippen MR) is 65.8 cm³/mol. The number of aromatic nitrogens is 1. The molecule has 0 aliphatic heterocycles. The predicted octanol–water partition coefficient (Wildman–Crippen LogP) is 3.00. The van der Waals surface area contributed by atoms with Gasteiger partial charge in [0.2, 0.25) is 0 Å². The molecule has 1 heterocycles. The van der Waals surface area contributed by atoms with E-state index in [-0.39, 0.29) is 5.41 Å². The summed E-state index contributed by atoms with van der Waals surface area (Å²) in [4.78, 5) is 4.25. The first-order valence-electron chi connectivity index (χ1n) is 5.58. The van der Waals surface area contributed by atoms with Crippen LogP contribution in [0.3, 0.4) is 0 Å². The van der Waals surface area contributed by atoms with Crippen molar-refractivity contribution < 1.29 is 0 Å². The Bertz CT molecular complexity index is 332. The molecule has 1 fully saturated rings. The average Bonchev–Trinajstić information content (AvgIpc) is 2.30. The van der Waals surface area contributed by atoms with E-state index in [0.29, 0.717) is 0 Å². The molecule has 0 amide bonds. The van der Waals surface area contributed by atoms with E-state index in [2.05, 4.69) is 27.0 Å². The highest BCUT2D eigenvalue weighted by atomic mass is 79.9. The summed E-state index contributed by atoms with van der Waals surface area (Å²) >= 11 is 3.48. The van der Waals surface area contributed by atoms with Crippen molar-refractivity contribution in [3.8, 4) is 0 Å². The number of rotatable bonds is 2. The summed E-state index contributed by atoms with van der Waals surface area (Å²) in [7, 11) is 0. The number of nitrogens with two attached hydrogens (primary N) is 1. The van der Waals surface area contributed by atoms with Gasteiger partial charge in [-0.05, 0) is 40.4 Å². The molecule has 1 aliphatic carbocycles. The van der Waals surface area contributed by atoms with E-state index in [1.165, 1.54) is 37.7 Å². The lowest BCUT2D eigenvalue weighted by Gasteiger charge is -2.36. The van der Waals surface area contributed by atoms with Gasteiger partial charge in [-0.2, -0.15) is 0 Å². The SMILES string of the molecule is NCC1(c2cncc(Br)c2)CCCCC1. The first-order valence-corrected chi connectivity index (χ1v) is 6.37. The Hall–Kier alpha value is -0.410. The van der Waals surface area contributed by atoms with Crippen molar-refractivity contribution in [1.82, 2.24) is 4.98 Å². The Morgan fingerprint density at radius 2 is 2.00 bits per heavy atom. The van der Waals surface area contributed by atoms with Gasteiger partial charge in [0.1, 0.15) is 0 Å². The van der Waals surface area contributed by atoms with E-state index in [4.69, 9.17) is 5.73 Å². The highest BCUT2D eigenvalue weighted by Gasteiger charge is 2.32. The number of nitrogens with zero attached hydrogens (tertiary/aromatic N) is 1. The highest BCUT2D eigenvalue weighted by molar-refractivity contribution is 9.10. The van der Waals surface area contributed by atoms with Gasteiger partial charge in [-0.3, -0.25) is 4.98 Å². The Kier molecular flexibility index (Phi) is 3.42. The van der Waals surface area contributed by atoms with Crippen LogP contribution in [0.5, 0.6) is 0 Å². The molecule has 0 aromatic carbocycles. The summed E-state index contributed by atoms with van der Waals surface area (Å²) in [5.74, 6) is 0. The molecule has 2 rings (SSSR count). The lowest BCUT2D eigenvalue weighted by Crippen LogP contribution is -2.37. The topological polar surface area (TPSA) is 38.9 Å². The molecule has 0 bridgehead atoms. The van der Waals surface area contributed by atoms with E-state index < -0.39 is 0 Å². The summed E-state index contributed by atoms with van der Waals surface area (Å²) < 4.78 is 1.05. The second-order valence-electron chi connectivity index (χ2n) is 4.44. The molecule has 15 heavy (non-hydrogen) atoms. The van der Waals surface area contributed by atoms with E-state index in [0.717, 1.165) is 11.0 Å². The molecule has 1 aromatic rings. The number of pyridine rings is 1. The Labute approximate surface area is 99.4 Å². The standard InChI is InChI=1S/C12H17BrN2/c13-11-6-10(7-15-8-11)12(9-14)4-2-1-3-5-12/h6-8H,1-5,9,14H2. The van der Waals surface area contributed by atoms with Crippen molar-refractivity contribution in [1.29, 1.82) is 0 Å². The van der Waals surface area contributed by atoms with Crippen molar-refractivity contribution in [3.63, 3.8) is 0 Å². The minimum Gasteiger partial charge on any atom is -0.330 e. The monoisotopic (exact) mass is 268 g/mol. The van der Waals surface area contributed by atoms with Crippen LogP contribution in [-0.2, 0) is 5.41 Å². The van der Waals surface area contributed by atoms with Crippen LogP contribution in [0.1, 0.15) is 37.7 Å². The second-order valence-corrected chi connectivity index (χ2v) is 5.35. The third-order valence-corrected chi connectivity index (χ3v) is 3.95. The maximum atomic E-state index is 5.98. The fraction of sp³-hybridized carbons (Fsp3) is 0.583. The summed E-state index contributed by atoms with van der Waals surface area (Å²) in [5.41, 5.74) is 7.47. The Morgan fingerprint density at radius 1 is 1.27 bits per heavy atom. The third-order valence-electron chi connectivity index (χ3n) is 3.52. The molecule has 1 aliphatic rings. The van der Waals surface area contributed by atoms with Gasteiger partial charge in [-0.25, -0.2) is 0 Å². The van der Waals surface area contributed by atoms with Crippen LogP contribution in [0.2, 0.25) is 0 Å². The largest absolute Gasteiger partial charge is 0.330 e.